The number of amides is 1. The van der Waals surface area contributed by atoms with Crippen molar-refractivity contribution in [2.45, 2.75) is 13.8 Å². The first-order valence-electron chi connectivity index (χ1n) is 10.2. The summed E-state index contributed by atoms with van der Waals surface area (Å²) in [5, 5.41) is 5.81. The van der Waals surface area contributed by atoms with Crippen LogP contribution in [-0.2, 0) is 14.3 Å². The van der Waals surface area contributed by atoms with Crippen LogP contribution in [0.1, 0.15) is 19.4 Å². The van der Waals surface area contributed by atoms with Crippen molar-refractivity contribution in [3.8, 4) is 11.5 Å². The van der Waals surface area contributed by atoms with Crippen molar-refractivity contribution in [2.24, 2.45) is 5.10 Å². The number of thioether (sulfide) groups is 1. The fourth-order valence-electron chi connectivity index (χ4n) is 3.06. The molecule has 168 valence electrons. The second kappa shape index (κ2) is 11.4. The summed E-state index contributed by atoms with van der Waals surface area (Å²) in [7, 11) is 1.57. The first-order valence-corrected chi connectivity index (χ1v) is 11.4. The van der Waals surface area contributed by atoms with E-state index in [-0.39, 0.29) is 11.9 Å². The van der Waals surface area contributed by atoms with Gasteiger partial charge >= 0.3 is 5.97 Å². The van der Waals surface area contributed by atoms with Gasteiger partial charge in [-0.25, -0.2) is 0 Å². The summed E-state index contributed by atoms with van der Waals surface area (Å²) in [5.74, 6) is 1.71. The number of benzene rings is 2. The van der Waals surface area contributed by atoms with Crippen LogP contribution in [0.15, 0.2) is 59.2 Å². The molecule has 0 N–H and O–H groups in total. The summed E-state index contributed by atoms with van der Waals surface area (Å²) in [6.07, 6.45) is 1.80. The third-order valence-electron chi connectivity index (χ3n) is 4.57. The molecule has 0 spiro atoms. The number of ether oxygens (including phenoxy) is 3. The molecule has 0 radical (unpaired) electrons. The number of nitrogens with zero attached hydrogens (tertiary/aromatic N) is 2. The van der Waals surface area contributed by atoms with Crippen molar-refractivity contribution in [3.63, 3.8) is 0 Å². The normalized spacial score (nSPS) is 14.5. The molecule has 0 saturated heterocycles. The van der Waals surface area contributed by atoms with Gasteiger partial charge in [0.1, 0.15) is 0 Å². The SMILES string of the molecule is CCOC(=O)CSCCOc1ccc(/C=C2/C(=O)N(c3ccccc3)N=C2C)cc1OC. The van der Waals surface area contributed by atoms with E-state index in [1.807, 2.05) is 55.5 Å². The zero-order chi connectivity index (χ0) is 22.9. The van der Waals surface area contributed by atoms with Crippen molar-refractivity contribution in [1.82, 2.24) is 0 Å². The van der Waals surface area contributed by atoms with Gasteiger partial charge in [-0.3, -0.25) is 9.59 Å². The number of hydrogen-bond acceptors (Lipinski definition) is 7. The molecule has 0 aromatic heterocycles. The van der Waals surface area contributed by atoms with Gasteiger partial charge in [0.05, 0.1) is 43.0 Å². The molecule has 7 nitrogen and oxygen atoms in total. The Bertz CT molecular complexity index is 1020. The van der Waals surface area contributed by atoms with E-state index in [1.165, 1.54) is 16.8 Å². The molecule has 2 aromatic rings. The number of carbonyl (C=O) groups is 2. The monoisotopic (exact) mass is 454 g/mol. The van der Waals surface area contributed by atoms with Crippen molar-refractivity contribution in [1.29, 1.82) is 0 Å². The zero-order valence-electron chi connectivity index (χ0n) is 18.4. The lowest BCUT2D eigenvalue weighted by Gasteiger charge is -2.12. The van der Waals surface area contributed by atoms with Gasteiger partial charge in [-0.1, -0.05) is 24.3 Å². The van der Waals surface area contributed by atoms with Crippen molar-refractivity contribution in [2.75, 3.05) is 36.8 Å². The van der Waals surface area contributed by atoms with Crippen molar-refractivity contribution in [3.05, 3.63) is 59.7 Å². The lowest BCUT2D eigenvalue weighted by molar-refractivity contribution is -0.139. The highest BCUT2D eigenvalue weighted by Crippen LogP contribution is 2.30. The second-order valence-electron chi connectivity index (χ2n) is 6.81. The van der Waals surface area contributed by atoms with Gasteiger partial charge in [0.15, 0.2) is 11.5 Å². The lowest BCUT2D eigenvalue weighted by Crippen LogP contribution is -2.21. The number of hydrazone groups is 1. The predicted octanol–water partition coefficient (Wildman–Crippen LogP) is 4.18. The summed E-state index contributed by atoms with van der Waals surface area (Å²) in [4.78, 5) is 24.2. The smallest absolute Gasteiger partial charge is 0.315 e. The van der Waals surface area contributed by atoms with E-state index in [0.29, 0.717) is 47.5 Å². The number of esters is 1. The molecule has 1 amide bonds. The number of hydrogen-bond donors (Lipinski definition) is 0. The first kappa shape index (κ1) is 23.4. The second-order valence-corrected chi connectivity index (χ2v) is 7.92. The molecule has 0 fully saturated rings. The molecule has 0 aliphatic carbocycles. The molecule has 1 heterocycles. The Labute approximate surface area is 192 Å². The Balaban J connectivity index is 1.64. The average Bonchev–Trinajstić information content (AvgIpc) is 3.08. The summed E-state index contributed by atoms with van der Waals surface area (Å²) in [6, 6.07) is 14.8. The molecule has 32 heavy (non-hydrogen) atoms. The molecule has 0 atom stereocenters. The Morgan fingerprint density at radius 3 is 2.66 bits per heavy atom. The fourth-order valence-corrected chi connectivity index (χ4v) is 3.65. The number of anilines is 1. The van der Waals surface area contributed by atoms with Crippen LogP contribution in [0.4, 0.5) is 5.69 Å². The molecule has 3 rings (SSSR count). The molecule has 0 saturated carbocycles. The summed E-state index contributed by atoms with van der Waals surface area (Å²) in [5.41, 5.74) is 2.71. The third kappa shape index (κ3) is 5.91. The summed E-state index contributed by atoms with van der Waals surface area (Å²) in [6.45, 7) is 4.41. The number of methoxy groups -OCH3 is 1. The maximum absolute atomic E-state index is 12.9. The van der Waals surface area contributed by atoms with Crippen LogP contribution in [-0.4, -0.2) is 49.4 Å². The van der Waals surface area contributed by atoms with E-state index >= 15 is 0 Å². The number of para-hydroxylation sites is 1. The van der Waals surface area contributed by atoms with Crippen molar-refractivity contribution >= 4 is 41.1 Å². The third-order valence-corrected chi connectivity index (χ3v) is 5.47. The van der Waals surface area contributed by atoms with Gasteiger partial charge < -0.3 is 14.2 Å². The molecule has 0 bridgehead atoms. The van der Waals surface area contributed by atoms with Gasteiger partial charge in [0.2, 0.25) is 0 Å². The molecule has 8 heteroatoms. The van der Waals surface area contributed by atoms with E-state index in [4.69, 9.17) is 14.2 Å². The predicted molar refractivity (Wildman–Crippen MR) is 127 cm³/mol. The van der Waals surface area contributed by atoms with Crippen LogP contribution in [0.25, 0.3) is 6.08 Å². The summed E-state index contributed by atoms with van der Waals surface area (Å²) >= 11 is 1.45. The molecular weight excluding hydrogens is 428 g/mol. The van der Waals surface area contributed by atoms with Crippen LogP contribution < -0.4 is 14.5 Å². The molecule has 0 unspecified atom stereocenters. The van der Waals surface area contributed by atoms with Crippen LogP contribution in [0.2, 0.25) is 0 Å². The van der Waals surface area contributed by atoms with Crippen LogP contribution in [0.3, 0.4) is 0 Å². The van der Waals surface area contributed by atoms with Crippen LogP contribution >= 0.6 is 11.8 Å². The van der Waals surface area contributed by atoms with E-state index in [9.17, 15) is 9.59 Å². The van der Waals surface area contributed by atoms with Gasteiger partial charge in [-0.05, 0) is 49.8 Å². The minimum Gasteiger partial charge on any atom is -0.493 e. The Hall–Kier alpha value is -3.26. The molecule has 1 aliphatic heterocycles. The Morgan fingerprint density at radius 2 is 1.94 bits per heavy atom. The average molecular weight is 455 g/mol. The zero-order valence-corrected chi connectivity index (χ0v) is 19.2. The molecular formula is C24H26N2O5S. The standard InChI is InChI=1S/C24H26N2O5S/c1-4-30-23(27)16-32-13-12-31-21-11-10-18(15-22(21)29-3)14-20-17(2)25-26(24(20)28)19-8-6-5-7-9-19/h5-11,14-15H,4,12-13,16H2,1-3H3/b20-14+. The van der Waals surface area contributed by atoms with Gasteiger partial charge in [0.25, 0.3) is 5.91 Å². The van der Waals surface area contributed by atoms with Gasteiger partial charge in [-0.15, -0.1) is 11.8 Å². The summed E-state index contributed by atoms with van der Waals surface area (Å²) < 4.78 is 16.2. The molecule has 2 aromatic carbocycles. The maximum Gasteiger partial charge on any atom is 0.315 e. The van der Waals surface area contributed by atoms with Crippen LogP contribution in [0, 0.1) is 0 Å². The van der Waals surface area contributed by atoms with E-state index < -0.39 is 0 Å². The van der Waals surface area contributed by atoms with E-state index in [0.717, 1.165) is 11.3 Å². The highest BCUT2D eigenvalue weighted by molar-refractivity contribution is 7.99. The lowest BCUT2D eigenvalue weighted by atomic mass is 10.1. The largest absolute Gasteiger partial charge is 0.493 e. The minimum atomic E-state index is -0.224. The van der Waals surface area contributed by atoms with E-state index in [1.54, 1.807) is 20.1 Å². The molecule has 1 aliphatic rings. The Kier molecular flexibility index (Phi) is 8.33. The quantitative estimate of drug-likeness (QED) is 0.305. The fraction of sp³-hybridized carbons (Fsp3) is 0.292. The minimum absolute atomic E-state index is 0.174. The highest BCUT2D eigenvalue weighted by atomic mass is 32.2. The number of rotatable bonds is 10. The van der Waals surface area contributed by atoms with Gasteiger partial charge in [0, 0.05) is 5.75 Å². The highest BCUT2D eigenvalue weighted by Gasteiger charge is 2.28. The topological polar surface area (TPSA) is 77.4 Å². The van der Waals surface area contributed by atoms with Gasteiger partial charge in [-0.2, -0.15) is 10.1 Å². The van der Waals surface area contributed by atoms with E-state index in [2.05, 4.69) is 5.10 Å². The number of carbonyl (C=O) groups excluding carboxylic acids is 2. The van der Waals surface area contributed by atoms with Crippen LogP contribution in [0.5, 0.6) is 11.5 Å². The first-order chi connectivity index (χ1) is 15.5. The maximum atomic E-state index is 12.9. The van der Waals surface area contributed by atoms with Crippen molar-refractivity contribution < 1.29 is 23.8 Å². The Morgan fingerprint density at radius 1 is 1.16 bits per heavy atom.